The van der Waals surface area contributed by atoms with Crippen LogP contribution < -0.4 is 0 Å². The Morgan fingerprint density at radius 1 is 0.947 bits per heavy atom. The highest BCUT2D eigenvalue weighted by Crippen LogP contribution is 2.28. The van der Waals surface area contributed by atoms with Crippen LogP contribution >= 0.6 is 23.5 Å². The Bertz CT molecular complexity index is 511. The summed E-state index contributed by atoms with van der Waals surface area (Å²) in [6, 6.07) is 20.0. The lowest BCUT2D eigenvalue weighted by molar-refractivity contribution is -0.110. The van der Waals surface area contributed by atoms with E-state index in [2.05, 4.69) is 19.1 Å². The molecule has 0 aliphatic heterocycles. The van der Waals surface area contributed by atoms with E-state index >= 15 is 0 Å². The third-order valence-corrected chi connectivity index (χ3v) is 4.53. The van der Waals surface area contributed by atoms with Crippen molar-refractivity contribution in [2.75, 3.05) is 0 Å². The van der Waals surface area contributed by atoms with E-state index in [1.807, 2.05) is 48.5 Å². The van der Waals surface area contributed by atoms with Gasteiger partial charge in [-0.1, -0.05) is 55.1 Å². The van der Waals surface area contributed by atoms with E-state index in [0.29, 0.717) is 11.7 Å². The molecule has 2 aromatic carbocycles. The summed E-state index contributed by atoms with van der Waals surface area (Å²) in [5.74, 6) is 0. The number of rotatable bonds is 5. The molecule has 0 bridgehead atoms. The fraction of sp³-hybridized carbons (Fsp3) is 0.188. The summed E-state index contributed by atoms with van der Waals surface area (Å²) in [6.07, 6.45) is 0.582. The number of hydrogen-bond acceptors (Lipinski definition) is 3. The Balaban J connectivity index is 1.82. The van der Waals surface area contributed by atoms with Gasteiger partial charge in [0.1, 0.15) is 0 Å². The second kappa shape index (κ2) is 7.41. The SMILES string of the molecule is CC(CC(=O)Sc1ccccc1)Sc1ccccc1. The van der Waals surface area contributed by atoms with Crippen molar-refractivity contribution in [3.05, 3.63) is 60.7 Å². The smallest absolute Gasteiger partial charge is 0.194 e. The quantitative estimate of drug-likeness (QED) is 0.730. The topological polar surface area (TPSA) is 17.1 Å². The molecule has 0 saturated carbocycles. The van der Waals surface area contributed by atoms with Crippen molar-refractivity contribution in [3.63, 3.8) is 0 Å². The highest BCUT2D eigenvalue weighted by molar-refractivity contribution is 8.13. The van der Waals surface area contributed by atoms with E-state index in [4.69, 9.17) is 0 Å². The number of thioether (sulfide) groups is 2. The van der Waals surface area contributed by atoms with Crippen LogP contribution in [0.1, 0.15) is 13.3 Å². The lowest BCUT2D eigenvalue weighted by Gasteiger charge is -2.09. The van der Waals surface area contributed by atoms with Gasteiger partial charge in [-0.2, -0.15) is 0 Å². The third kappa shape index (κ3) is 5.13. The first-order valence-corrected chi connectivity index (χ1v) is 7.91. The number of hydrogen-bond donors (Lipinski definition) is 0. The van der Waals surface area contributed by atoms with Gasteiger partial charge in [0.05, 0.1) is 0 Å². The van der Waals surface area contributed by atoms with E-state index in [-0.39, 0.29) is 5.12 Å². The fourth-order valence-electron chi connectivity index (χ4n) is 1.67. The molecule has 98 valence electrons. The van der Waals surface area contributed by atoms with E-state index in [1.54, 1.807) is 11.8 Å². The minimum absolute atomic E-state index is 0.224. The van der Waals surface area contributed by atoms with Crippen LogP contribution in [-0.2, 0) is 4.79 Å². The predicted molar refractivity (Wildman–Crippen MR) is 83.7 cm³/mol. The summed E-state index contributed by atoms with van der Waals surface area (Å²) in [7, 11) is 0. The lowest BCUT2D eigenvalue weighted by Crippen LogP contribution is -2.03. The molecule has 2 rings (SSSR count). The van der Waals surface area contributed by atoms with Gasteiger partial charge in [0, 0.05) is 21.5 Å². The molecule has 0 N–H and O–H groups in total. The van der Waals surface area contributed by atoms with Gasteiger partial charge in [0.25, 0.3) is 0 Å². The van der Waals surface area contributed by atoms with Crippen molar-refractivity contribution < 1.29 is 4.79 Å². The van der Waals surface area contributed by atoms with Gasteiger partial charge >= 0.3 is 0 Å². The van der Waals surface area contributed by atoms with Crippen LogP contribution in [0.25, 0.3) is 0 Å². The van der Waals surface area contributed by atoms with E-state index < -0.39 is 0 Å². The van der Waals surface area contributed by atoms with Gasteiger partial charge in [-0.3, -0.25) is 4.79 Å². The lowest BCUT2D eigenvalue weighted by atomic mass is 10.3. The van der Waals surface area contributed by atoms with Crippen molar-refractivity contribution in [2.45, 2.75) is 28.4 Å². The Hall–Kier alpha value is -1.19. The van der Waals surface area contributed by atoms with Crippen LogP contribution in [-0.4, -0.2) is 10.4 Å². The van der Waals surface area contributed by atoms with Crippen LogP contribution in [0.5, 0.6) is 0 Å². The largest absolute Gasteiger partial charge is 0.287 e. The molecule has 0 saturated heterocycles. The van der Waals surface area contributed by atoms with E-state index in [9.17, 15) is 4.79 Å². The van der Waals surface area contributed by atoms with Crippen LogP contribution in [0.2, 0.25) is 0 Å². The number of benzene rings is 2. The molecule has 0 spiro atoms. The third-order valence-electron chi connectivity index (χ3n) is 2.51. The zero-order valence-corrected chi connectivity index (χ0v) is 12.4. The maximum absolute atomic E-state index is 12.0. The summed E-state index contributed by atoms with van der Waals surface area (Å²) < 4.78 is 0. The summed E-state index contributed by atoms with van der Waals surface area (Å²) in [5, 5.41) is 0.522. The molecular weight excluding hydrogens is 272 g/mol. The first-order chi connectivity index (χ1) is 9.24. The van der Waals surface area contributed by atoms with Crippen molar-refractivity contribution in [1.82, 2.24) is 0 Å². The van der Waals surface area contributed by atoms with Crippen LogP contribution in [0.4, 0.5) is 0 Å². The zero-order valence-electron chi connectivity index (χ0n) is 10.8. The Labute approximate surface area is 122 Å². The van der Waals surface area contributed by atoms with Gasteiger partial charge < -0.3 is 0 Å². The predicted octanol–water partition coefficient (Wildman–Crippen LogP) is 4.88. The second-order valence-corrected chi connectivity index (χ2v) is 6.88. The molecule has 1 atom stereocenters. The molecular formula is C16H16OS2. The number of carbonyl (C=O) groups is 1. The Kier molecular flexibility index (Phi) is 5.55. The maximum atomic E-state index is 12.0. The van der Waals surface area contributed by atoms with Gasteiger partial charge in [0.15, 0.2) is 5.12 Å². The molecule has 0 aliphatic rings. The summed E-state index contributed by atoms with van der Waals surface area (Å²) in [6.45, 7) is 2.10. The van der Waals surface area contributed by atoms with Crippen LogP contribution in [0.3, 0.4) is 0 Å². The molecule has 1 nitrogen and oxygen atoms in total. The Morgan fingerprint density at radius 2 is 1.47 bits per heavy atom. The second-order valence-electron chi connectivity index (χ2n) is 4.23. The molecule has 0 fully saturated rings. The van der Waals surface area contributed by atoms with Crippen molar-refractivity contribution in [1.29, 1.82) is 0 Å². The molecule has 19 heavy (non-hydrogen) atoms. The maximum Gasteiger partial charge on any atom is 0.194 e. The fourth-order valence-corrected chi connectivity index (χ4v) is 3.68. The molecule has 2 aromatic rings. The van der Waals surface area contributed by atoms with Gasteiger partial charge in [0.2, 0.25) is 0 Å². The minimum Gasteiger partial charge on any atom is -0.287 e. The Morgan fingerprint density at radius 3 is 2.05 bits per heavy atom. The average molecular weight is 288 g/mol. The van der Waals surface area contributed by atoms with Gasteiger partial charge in [-0.25, -0.2) is 0 Å². The first kappa shape index (κ1) is 14.2. The zero-order chi connectivity index (χ0) is 13.5. The molecule has 3 heteroatoms. The minimum atomic E-state index is 0.224. The highest BCUT2D eigenvalue weighted by atomic mass is 32.2. The molecule has 1 unspecified atom stereocenters. The van der Waals surface area contributed by atoms with Crippen LogP contribution in [0, 0.1) is 0 Å². The standard InChI is InChI=1S/C16H16OS2/c1-13(18-14-8-4-2-5-9-14)12-16(17)19-15-10-6-3-7-11-15/h2-11,13H,12H2,1H3. The van der Waals surface area contributed by atoms with Gasteiger partial charge in [-0.15, -0.1) is 11.8 Å². The van der Waals surface area contributed by atoms with E-state index in [0.717, 1.165) is 4.90 Å². The van der Waals surface area contributed by atoms with Gasteiger partial charge in [-0.05, 0) is 24.3 Å². The molecule has 0 aromatic heterocycles. The summed E-state index contributed by atoms with van der Waals surface area (Å²) in [4.78, 5) is 14.2. The molecule has 0 radical (unpaired) electrons. The molecule has 0 aliphatic carbocycles. The number of carbonyl (C=O) groups excluding carboxylic acids is 1. The average Bonchev–Trinajstić information content (AvgIpc) is 2.40. The monoisotopic (exact) mass is 288 g/mol. The van der Waals surface area contributed by atoms with Crippen molar-refractivity contribution in [3.8, 4) is 0 Å². The summed E-state index contributed by atoms with van der Waals surface area (Å²) in [5.41, 5.74) is 0. The van der Waals surface area contributed by atoms with Crippen molar-refractivity contribution >= 4 is 28.6 Å². The molecule has 0 amide bonds. The highest BCUT2D eigenvalue weighted by Gasteiger charge is 2.11. The van der Waals surface area contributed by atoms with Crippen molar-refractivity contribution in [2.24, 2.45) is 0 Å². The normalized spacial score (nSPS) is 12.1. The summed E-state index contributed by atoms with van der Waals surface area (Å²) >= 11 is 3.08. The first-order valence-electron chi connectivity index (χ1n) is 6.21. The van der Waals surface area contributed by atoms with E-state index in [1.165, 1.54) is 16.7 Å². The molecule has 0 heterocycles. The van der Waals surface area contributed by atoms with Crippen LogP contribution in [0.15, 0.2) is 70.5 Å².